The molecule has 98 valence electrons. The van der Waals surface area contributed by atoms with Crippen molar-refractivity contribution in [3.05, 3.63) is 64.2 Å². The van der Waals surface area contributed by atoms with Gasteiger partial charge in [-0.15, -0.1) is 0 Å². The number of rotatable bonds is 4. The molecule has 0 heterocycles. The highest BCUT2D eigenvalue weighted by Gasteiger charge is 2.05. The molecule has 0 unspecified atom stereocenters. The minimum Gasteiger partial charge on any atom is -0.389 e. The van der Waals surface area contributed by atoms with E-state index in [1.54, 1.807) is 6.07 Å². The van der Waals surface area contributed by atoms with Gasteiger partial charge in [0.15, 0.2) is 0 Å². The quantitative estimate of drug-likeness (QED) is 0.839. The second-order valence-electron chi connectivity index (χ2n) is 4.39. The standard InChI is InChI=1S/C15H15ClN2S/c1-10-2-4-11(5-3-10)9-18-14-8-12(16)6-7-13(14)15(17)19/h2-8,18H,9H2,1H3,(H2,17,19). The van der Waals surface area contributed by atoms with Gasteiger partial charge in [-0.3, -0.25) is 0 Å². The third kappa shape index (κ3) is 3.69. The van der Waals surface area contributed by atoms with Crippen LogP contribution in [0.2, 0.25) is 5.02 Å². The summed E-state index contributed by atoms with van der Waals surface area (Å²) in [6, 6.07) is 13.8. The predicted octanol–water partition coefficient (Wildman–Crippen LogP) is 3.89. The summed E-state index contributed by atoms with van der Waals surface area (Å²) in [4.78, 5) is 0.364. The molecule has 2 rings (SSSR count). The van der Waals surface area contributed by atoms with Crippen LogP contribution in [0.3, 0.4) is 0 Å². The Hall–Kier alpha value is -1.58. The molecule has 0 spiro atoms. The molecule has 0 saturated heterocycles. The normalized spacial score (nSPS) is 10.2. The molecule has 0 fully saturated rings. The first-order valence-electron chi connectivity index (χ1n) is 5.95. The SMILES string of the molecule is Cc1ccc(CNc2cc(Cl)ccc2C(N)=S)cc1. The van der Waals surface area contributed by atoms with Gasteiger partial charge in [0.2, 0.25) is 0 Å². The first kappa shape index (κ1) is 13.8. The van der Waals surface area contributed by atoms with Crippen LogP contribution in [0, 0.1) is 6.92 Å². The summed E-state index contributed by atoms with van der Waals surface area (Å²) in [5.41, 5.74) is 9.81. The summed E-state index contributed by atoms with van der Waals surface area (Å²) in [6.07, 6.45) is 0. The van der Waals surface area contributed by atoms with Crippen LogP contribution in [0.5, 0.6) is 0 Å². The van der Waals surface area contributed by atoms with Gasteiger partial charge >= 0.3 is 0 Å². The van der Waals surface area contributed by atoms with Crippen molar-refractivity contribution >= 4 is 34.5 Å². The first-order chi connectivity index (χ1) is 9.06. The summed E-state index contributed by atoms with van der Waals surface area (Å²) in [5.74, 6) is 0. The van der Waals surface area contributed by atoms with Crippen LogP contribution in [-0.2, 0) is 6.54 Å². The van der Waals surface area contributed by atoms with Gasteiger partial charge in [-0.05, 0) is 30.7 Å². The Morgan fingerprint density at radius 3 is 2.53 bits per heavy atom. The average Bonchev–Trinajstić information content (AvgIpc) is 2.38. The maximum absolute atomic E-state index is 6.00. The zero-order chi connectivity index (χ0) is 13.8. The minimum atomic E-state index is 0.364. The third-order valence-electron chi connectivity index (χ3n) is 2.85. The van der Waals surface area contributed by atoms with Crippen molar-refractivity contribution in [1.29, 1.82) is 0 Å². The molecule has 2 nitrogen and oxygen atoms in total. The van der Waals surface area contributed by atoms with Gasteiger partial charge in [0, 0.05) is 22.8 Å². The Morgan fingerprint density at radius 2 is 1.89 bits per heavy atom. The Labute approximate surface area is 123 Å². The van der Waals surface area contributed by atoms with E-state index in [-0.39, 0.29) is 0 Å². The summed E-state index contributed by atoms with van der Waals surface area (Å²) in [7, 11) is 0. The summed E-state index contributed by atoms with van der Waals surface area (Å²) in [6.45, 7) is 2.77. The van der Waals surface area contributed by atoms with E-state index < -0.39 is 0 Å². The van der Waals surface area contributed by atoms with Crippen molar-refractivity contribution in [2.75, 3.05) is 5.32 Å². The number of nitrogens with two attached hydrogens (primary N) is 1. The highest BCUT2D eigenvalue weighted by molar-refractivity contribution is 7.80. The Kier molecular flexibility index (Phi) is 4.40. The van der Waals surface area contributed by atoms with Crippen LogP contribution in [-0.4, -0.2) is 4.99 Å². The number of aryl methyl sites for hydroxylation is 1. The minimum absolute atomic E-state index is 0.364. The number of nitrogens with one attached hydrogen (secondary N) is 1. The number of hydrogen-bond donors (Lipinski definition) is 2. The Bertz CT molecular complexity index is 594. The summed E-state index contributed by atoms with van der Waals surface area (Å²) < 4.78 is 0. The van der Waals surface area contributed by atoms with E-state index in [4.69, 9.17) is 29.6 Å². The van der Waals surface area contributed by atoms with Crippen LogP contribution >= 0.6 is 23.8 Å². The van der Waals surface area contributed by atoms with Crippen LogP contribution in [0.25, 0.3) is 0 Å². The Balaban J connectivity index is 2.16. The molecular formula is C15H15ClN2S. The molecule has 0 bridgehead atoms. The van der Waals surface area contributed by atoms with Gasteiger partial charge in [0.05, 0.1) is 0 Å². The maximum Gasteiger partial charge on any atom is 0.106 e. The van der Waals surface area contributed by atoms with Gasteiger partial charge in [-0.25, -0.2) is 0 Å². The van der Waals surface area contributed by atoms with Gasteiger partial charge in [0.1, 0.15) is 4.99 Å². The highest BCUT2D eigenvalue weighted by Crippen LogP contribution is 2.21. The fourth-order valence-corrected chi connectivity index (χ4v) is 2.13. The van der Waals surface area contributed by atoms with Gasteiger partial charge in [-0.1, -0.05) is 53.6 Å². The molecule has 19 heavy (non-hydrogen) atoms. The lowest BCUT2D eigenvalue weighted by atomic mass is 10.1. The van der Waals surface area contributed by atoms with Gasteiger partial charge in [0.25, 0.3) is 0 Å². The number of thiocarbonyl (C=S) groups is 1. The second kappa shape index (κ2) is 6.04. The van der Waals surface area contributed by atoms with Gasteiger partial charge in [-0.2, -0.15) is 0 Å². The monoisotopic (exact) mass is 290 g/mol. The topological polar surface area (TPSA) is 38.0 Å². The van der Waals surface area contributed by atoms with Crippen molar-refractivity contribution in [2.45, 2.75) is 13.5 Å². The number of hydrogen-bond acceptors (Lipinski definition) is 2. The van der Waals surface area contributed by atoms with E-state index in [9.17, 15) is 0 Å². The van der Waals surface area contributed by atoms with Crippen molar-refractivity contribution in [3.63, 3.8) is 0 Å². The zero-order valence-corrected chi connectivity index (χ0v) is 12.2. The molecule has 0 aromatic heterocycles. The van der Waals surface area contributed by atoms with E-state index in [2.05, 4.69) is 36.5 Å². The number of halogens is 1. The van der Waals surface area contributed by atoms with Crippen molar-refractivity contribution in [3.8, 4) is 0 Å². The number of benzene rings is 2. The van der Waals surface area contributed by atoms with Gasteiger partial charge < -0.3 is 11.1 Å². The molecule has 3 N–H and O–H groups in total. The molecule has 0 aliphatic carbocycles. The van der Waals surface area contributed by atoms with Crippen LogP contribution in [0.4, 0.5) is 5.69 Å². The molecular weight excluding hydrogens is 276 g/mol. The third-order valence-corrected chi connectivity index (χ3v) is 3.31. The molecule has 0 atom stereocenters. The Morgan fingerprint density at radius 1 is 1.21 bits per heavy atom. The molecule has 0 aliphatic heterocycles. The van der Waals surface area contributed by atoms with Crippen LogP contribution in [0.1, 0.15) is 16.7 Å². The molecule has 2 aromatic rings. The fraction of sp³-hybridized carbons (Fsp3) is 0.133. The lowest BCUT2D eigenvalue weighted by Crippen LogP contribution is -2.13. The highest BCUT2D eigenvalue weighted by atomic mass is 35.5. The van der Waals surface area contributed by atoms with Crippen molar-refractivity contribution in [2.24, 2.45) is 5.73 Å². The van der Waals surface area contributed by atoms with Crippen LogP contribution in [0.15, 0.2) is 42.5 Å². The second-order valence-corrected chi connectivity index (χ2v) is 5.27. The van der Waals surface area contributed by atoms with E-state index >= 15 is 0 Å². The van der Waals surface area contributed by atoms with E-state index in [0.29, 0.717) is 16.6 Å². The number of anilines is 1. The predicted molar refractivity (Wildman–Crippen MR) is 85.8 cm³/mol. The smallest absolute Gasteiger partial charge is 0.106 e. The fourth-order valence-electron chi connectivity index (χ4n) is 1.78. The van der Waals surface area contributed by atoms with Crippen molar-refractivity contribution in [1.82, 2.24) is 0 Å². The van der Waals surface area contributed by atoms with E-state index in [1.165, 1.54) is 11.1 Å². The maximum atomic E-state index is 6.00. The summed E-state index contributed by atoms with van der Waals surface area (Å²) in [5, 5.41) is 3.98. The van der Waals surface area contributed by atoms with Crippen LogP contribution < -0.4 is 11.1 Å². The molecule has 0 aliphatic rings. The van der Waals surface area contributed by atoms with E-state index in [0.717, 1.165) is 11.3 Å². The van der Waals surface area contributed by atoms with E-state index in [1.807, 2.05) is 12.1 Å². The molecule has 0 saturated carbocycles. The summed E-state index contributed by atoms with van der Waals surface area (Å²) >= 11 is 11.0. The molecule has 0 amide bonds. The molecule has 2 aromatic carbocycles. The molecule has 0 radical (unpaired) electrons. The molecule has 4 heteroatoms. The lowest BCUT2D eigenvalue weighted by molar-refractivity contribution is 1.14. The lowest BCUT2D eigenvalue weighted by Gasteiger charge is -2.12. The largest absolute Gasteiger partial charge is 0.389 e. The first-order valence-corrected chi connectivity index (χ1v) is 6.73. The zero-order valence-electron chi connectivity index (χ0n) is 10.6. The van der Waals surface area contributed by atoms with Crippen molar-refractivity contribution < 1.29 is 0 Å². The average molecular weight is 291 g/mol.